The van der Waals surface area contributed by atoms with Crippen molar-refractivity contribution in [1.82, 2.24) is 5.16 Å². The predicted molar refractivity (Wildman–Crippen MR) is 56.2 cm³/mol. The minimum atomic E-state index is 0.716. The molecule has 72 valence electrons. The van der Waals surface area contributed by atoms with Crippen LogP contribution in [0.3, 0.4) is 0 Å². The van der Waals surface area contributed by atoms with Gasteiger partial charge in [0.25, 0.3) is 0 Å². The number of nitrogens with one attached hydrogen (secondary N) is 1. The summed E-state index contributed by atoms with van der Waals surface area (Å²) in [6.45, 7) is 1.94. The molecule has 0 saturated carbocycles. The molecule has 0 radical (unpaired) electrons. The van der Waals surface area contributed by atoms with Crippen LogP contribution in [0.5, 0.6) is 0 Å². The lowest BCUT2D eigenvalue weighted by atomic mass is 10.1. The smallest absolute Gasteiger partial charge is 0.232 e. The summed E-state index contributed by atoms with van der Waals surface area (Å²) in [5.41, 5.74) is 3.06. The van der Waals surface area contributed by atoms with Crippen LogP contribution < -0.4 is 5.32 Å². The van der Waals surface area contributed by atoms with Crippen LogP contribution in [0.2, 0.25) is 0 Å². The van der Waals surface area contributed by atoms with E-state index < -0.39 is 0 Å². The van der Waals surface area contributed by atoms with Crippen LogP contribution in [0, 0.1) is 6.92 Å². The number of rotatable bonds is 2. The van der Waals surface area contributed by atoms with E-state index in [4.69, 9.17) is 4.52 Å². The topological polar surface area (TPSA) is 38.1 Å². The van der Waals surface area contributed by atoms with Gasteiger partial charge in [-0.05, 0) is 12.5 Å². The van der Waals surface area contributed by atoms with E-state index in [0.29, 0.717) is 5.88 Å². The second-order valence-electron chi connectivity index (χ2n) is 3.09. The fourth-order valence-corrected chi connectivity index (χ4v) is 1.49. The summed E-state index contributed by atoms with van der Waals surface area (Å²) in [6.07, 6.45) is 0. The van der Waals surface area contributed by atoms with Crippen LogP contribution in [-0.2, 0) is 0 Å². The highest BCUT2D eigenvalue weighted by molar-refractivity contribution is 5.75. The fourth-order valence-electron chi connectivity index (χ4n) is 1.49. The molecule has 3 nitrogen and oxygen atoms in total. The Morgan fingerprint density at radius 1 is 1.21 bits per heavy atom. The molecule has 0 spiro atoms. The molecule has 0 fully saturated rings. The molecule has 3 heteroatoms. The third-order valence-electron chi connectivity index (χ3n) is 2.15. The molecule has 1 N–H and O–H groups in total. The normalized spacial score (nSPS) is 10.1. The first kappa shape index (κ1) is 8.81. The molecule has 2 aromatic rings. The lowest BCUT2D eigenvalue weighted by Crippen LogP contribution is -1.88. The Morgan fingerprint density at radius 3 is 2.57 bits per heavy atom. The van der Waals surface area contributed by atoms with Gasteiger partial charge in [0.1, 0.15) is 0 Å². The van der Waals surface area contributed by atoms with Crippen LogP contribution in [0.25, 0.3) is 11.1 Å². The van der Waals surface area contributed by atoms with Gasteiger partial charge in [-0.2, -0.15) is 0 Å². The third kappa shape index (κ3) is 1.37. The van der Waals surface area contributed by atoms with E-state index in [2.05, 4.69) is 10.5 Å². The molecular weight excluding hydrogens is 176 g/mol. The molecule has 2 rings (SSSR count). The molecule has 0 aliphatic rings. The average molecular weight is 188 g/mol. The summed E-state index contributed by atoms with van der Waals surface area (Å²) in [7, 11) is 1.83. The maximum absolute atomic E-state index is 5.14. The van der Waals surface area contributed by atoms with Crippen molar-refractivity contribution in [1.29, 1.82) is 0 Å². The SMILES string of the molecule is CNc1onc(C)c1-c1ccccc1. The van der Waals surface area contributed by atoms with Gasteiger partial charge in [-0.15, -0.1) is 0 Å². The number of hydrogen-bond donors (Lipinski definition) is 1. The van der Waals surface area contributed by atoms with Gasteiger partial charge in [-0.3, -0.25) is 0 Å². The zero-order valence-electron chi connectivity index (χ0n) is 8.24. The molecule has 0 amide bonds. The van der Waals surface area contributed by atoms with Crippen LogP contribution in [0.15, 0.2) is 34.9 Å². The largest absolute Gasteiger partial charge is 0.357 e. The molecule has 0 unspecified atom stereocenters. The van der Waals surface area contributed by atoms with Gasteiger partial charge >= 0.3 is 0 Å². The molecular formula is C11H12N2O. The van der Waals surface area contributed by atoms with Gasteiger partial charge < -0.3 is 9.84 Å². The Bertz CT molecular complexity index is 420. The van der Waals surface area contributed by atoms with Gasteiger partial charge in [0, 0.05) is 7.05 Å². The Hall–Kier alpha value is -1.77. The molecule has 1 heterocycles. The van der Waals surface area contributed by atoms with Crippen molar-refractivity contribution < 1.29 is 4.52 Å². The number of aromatic nitrogens is 1. The van der Waals surface area contributed by atoms with Crippen molar-refractivity contribution >= 4 is 5.88 Å². The van der Waals surface area contributed by atoms with Crippen molar-refractivity contribution in [3.63, 3.8) is 0 Å². The van der Waals surface area contributed by atoms with Crippen molar-refractivity contribution in [3.8, 4) is 11.1 Å². The van der Waals surface area contributed by atoms with Crippen molar-refractivity contribution in [2.45, 2.75) is 6.92 Å². The minimum absolute atomic E-state index is 0.716. The maximum Gasteiger partial charge on any atom is 0.232 e. The number of nitrogens with zero attached hydrogens (tertiary/aromatic N) is 1. The van der Waals surface area contributed by atoms with E-state index in [1.807, 2.05) is 44.3 Å². The highest BCUT2D eigenvalue weighted by atomic mass is 16.5. The van der Waals surface area contributed by atoms with Gasteiger partial charge in [0.15, 0.2) is 0 Å². The molecule has 14 heavy (non-hydrogen) atoms. The lowest BCUT2D eigenvalue weighted by Gasteiger charge is -2.00. The van der Waals surface area contributed by atoms with E-state index in [1.165, 1.54) is 0 Å². The predicted octanol–water partition coefficient (Wildman–Crippen LogP) is 2.69. The number of hydrogen-bond acceptors (Lipinski definition) is 3. The number of anilines is 1. The van der Waals surface area contributed by atoms with E-state index in [1.54, 1.807) is 0 Å². The molecule has 0 aliphatic heterocycles. The third-order valence-corrected chi connectivity index (χ3v) is 2.15. The monoisotopic (exact) mass is 188 g/mol. The minimum Gasteiger partial charge on any atom is -0.357 e. The van der Waals surface area contributed by atoms with Crippen LogP contribution >= 0.6 is 0 Å². The molecule has 0 aliphatic carbocycles. The van der Waals surface area contributed by atoms with E-state index in [-0.39, 0.29) is 0 Å². The molecule has 0 atom stereocenters. The number of benzene rings is 1. The summed E-state index contributed by atoms with van der Waals surface area (Å²) in [5, 5.41) is 6.91. The first-order chi connectivity index (χ1) is 6.83. The summed E-state index contributed by atoms with van der Waals surface area (Å²) in [4.78, 5) is 0. The van der Waals surface area contributed by atoms with Crippen LogP contribution in [0.1, 0.15) is 5.69 Å². The Balaban J connectivity index is 2.55. The van der Waals surface area contributed by atoms with E-state index >= 15 is 0 Å². The van der Waals surface area contributed by atoms with Gasteiger partial charge in [-0.1, -0.05) is 35.5 Å². The molecule has 1 aromatic carbocycles. The van der Waals surface area contributed by atoms with Crippen molar-refractivity contribution in [2.24, 2.45) is 0 Å². The van der Waals surface area contributed by atoms with Gasteiger partial charge in [-0.25, -0.2) is 0 Å². The standard InChI is InChI=1S/C11H12N2O/c1-8-10(11(12-2)14-13-8)9-6-4-3-5-7-9/h3-7,12H,1-2H3. The molecule has 0 saturated heterocycles. The van der Waals surface area contributed by atoms with Crippen molar-refractivity contribution in [3.05, 3.63) is 36.0 Å². The zero-order valence-corrected chi connectivity index (χ0v) is 8.24. The summed E-state index contributed by atoms with van der Waals surface area (Å²) in [5.74, 6) is 0.716. The first-order valence-corrected chi connectivity index (χ1v) is 4.52. The highest BCUT2D eigenvalue weighted by Gasteiger charge is 2.12. The second-order valence-corrected chi connectivity index (χ2v) is 3.09. The zero-order chi connectivity index (χ0) is 9.97. The molecule has 1 aromatic heterocycles. The summed E-state index contributed by atoms with van der Waals surface area (Å²) >= 11 is 0. The van der Waals surface area contributed by atoms with E-state index in [0.717, 1.165) is 16.8 Å². The van der Waals surface area contributed by atoms with Gasteiger partial charge in [0.2, 0.25) is 5.88 Å². The highest BCUT2D eigenvalue weighted by Crippen LogP contribution is 2.30. The molecule has 0 bridgehead atoms. The lowest BCUT2D eigenvalue weighted by molar-refractivity contribution is 0.429. The average Bonchev–Trinajstić information content (AvgIpc) is 2.61. The Kier molecular flexibility index (Phi) is 2.23. The second kappa shape index (κ2) is 3.54. The van der Waals surface area contributed by atoms with Crippen LogP contribution in [-0.4, -0.2) is 12.2 Å². The summed E-state index contributed by atoms with van der Waals surface area (Å²) in [6, 6.07) is 10.1. The first-order valence-electron chi connectivity index (χ1n) is 4.52. The number of aryl methyl sites for hydroxylation is 1. The van der Waals surface area contributed by atoms with E-state index in [9.17, 15) is 0 Å². The van der Waals surface area contributed by atoms with Crippen LogP contribution in [0.4, 0.5) is 5.88 Å². The van der Waals surface area contributed by atoms with Crippen molar-refractivity contribution in [2.75, 3.05) is 12.4 Å². The quantitative estimate of drug-likeness (QED) is 0.787. The fraction of sp³-hybridized carbons (Fsp3) is 0.182. The maximum atomic E-state index is 5.14. The van der Waals surface area contributed by atoms with Gasteiger partial charge in [0.05, 0.1) is 11.3 Å². The Labute approximate surface area is 82.7 Å². The summed E-state index contributed by atoms with van der Waals surface area (Å²) < 4.78 is 5.14. The Morgan fingerprint density at radius 2 is 1.93 bits per heavy atom.